The van der Waals surface area contributed by atoms with E-state index in [2.05, 4.69) is 28.6 Å². The highest BCUT2D eigenvalue weighted by Crippen LogP contribution is 2.09. The largest absolute Gasteiger partial charge is 0.480 e. The van der Waals surface area contributed by atoms with Gasteiger partial charge in [-0.05, 0) is 12.8 Å². The molecule has 28 heavy (non-hydrogen) atoms. The van der Waals surface area contributed by atoms with Gasteiger partial charge in [-0.25, -0.2) is 4.79 Å². The summed E-state index contributed by atoms with van der Waals surface area (Å²) in [6, 6.07) is -5.06. The second kappa shape index (κ2) is 12.5. The van der Waals surface area contributed by atoms with Crippen LogP contribution in [0.15, 0.2) is 0 Å². The molecule has 0 aliphatic rings. The molecular weight excluding hydrogens is 392 g/mol. The minimum Gasteiger partial charge on any atom is -0.480 e. The summed E-state index contributed by atoms with van der Waals surface area (Å²) in [7, 11) is 0. The molecule has 0 heterocycles. The van der Waals surface area contributed by atoms with E-state index in [1.54, 1.807) is 13.8 Å². The van der Waals surface area contributed by atoms with Gasteiger partial charge in [0.05, 0.1) is 18.8 Å². The number of aliphatic hydroxyl groups excluding tert-OH is 2. The average molecular weight is 423 g/mol. The molecule has 0 aromatic heterocycles. The minimum absolute atomic E-state index is 0.0234. The molecule has 0 aromatic rings. The van der Waals surface area contributed by atoms with E-state index in [-0.39, 0.29) is 5.75 Å². The number of thiol groups is 1. The third-order valence-corrected chi connectivity index (χ3v) is 4.58. The number of nitrogens with one attached hydrogen (secondary N) is 3. The van der Waals surface area contributed by atoms with Crippen molar-refractivity contribution in [1.29, 1.82) is 0 Å². The zero-order valence-corrected chi connectivity index (χ0v) is 17.0. The smallest absolute Gasteiger partial charge is 0.328 e. The van der Waals surface area contributed by atoms with Crippen LogP contribution in [0.1, 0.15) is 27.2 Å². The molecule has 6 atom stereocenters. The van der Waals surface area contributed by atoms with E-state index in [0.29, 0.717) is 6.42 Å². The number of carboxylic acid groups (broad SMARTS) is 1. The molecule has 0 saturated carbocycles. The molecule has 11 nitrogen and oxygen atoms in total. The molecule has 0 saturated heterocycles. The number of aliphatic hydroxyl groups is 2. The summed E-state index contributed by atoms with van der Waals surface area (Å²) in [6.45, 7) is 3.88. The van der Waals surface area contributed by atoms with E-state index < -0.39 is 66.5 Å². The number of carbonyl (C=O) groups excluding carboxylic acids is 3. The van der Waals surface area contributed by atoms with Gasteiger partial charge in [0, 0.05) is 5.75 Å². The van der Waals surface area contributed by atoms with Gasteiger partial charge < -0.3 is 37.0 Å². The predicted octanol–water partition coefficient (Wildman–Crippen LogP) is -2.80. The molecule has 0 aliphatic carbocycles. The maximum atomic E-state index is 12.6. The number of carbonyl (C=O) groups is 4. The lowest BCUT2D eigenvalue weighted by Crippen LogP contribution is -2.61. The van der Waals surface area contributed by atoms with Crippen molar-refractivity contribution in [2.24, 2.45) is 11.7 Å². The zero-order chi connectivity index (χ0) is 22.0. The third-order valence-electron chi connectivity index (χ3n) is 4.19. The van der Waals surface area contributed by atoms with E-state index in [9.17, 15) is 24.3 Å². The van der Waals surface area contributed by atoms with Crippen molar-refractivity contribution in [3.05, 3.63) is 0 Å². The lowest BCUT2D eigenvalue weighted by atomic mass is 9.97. The molecule has 8 N–H and O–H groups in total. The summed E-state index contributed by atoms with van der Waals surface area (Å²) in [5.41, 5.74) is 5.54. The Bertz CT molecular complexity index is 561. The van der Waals surface area contributed by atoms with Crippen LogP contribution in [0.5, 0.6) is 0 Å². The highest BCUT2D eigenvalue weighted by molar-refractivity contribution is 7.80. The highest BCUT2D eigenvalue weighted by Gasteiger charge is 2.34. The number of rotatable bonds is 12. The van der Waals surface area contributed by atoms with E-state index in [4.69, 9.17) is 15.9 Å². The monoisotopic (exact) mass is 422 g/mol. The fourth-order valence-corrected chi connectivity index (χ4v) is 2.31. The molecule has 0 fully saturated rings. The van der Waals surface area contributed by atoms with Gasteiger partial charge in [0.15, 0.2) is 0 Å². The van der Waals surface area contributed by atoms with Gasteiger partial charge in [-0.1, -0.05) is 20.3 Å². The highest BCUT2D eigenvalue weighted by atomic mass is 32.1. The Morgan fingerprint density at radius 2 is 1.50 bits per heavy atom. The predicted molar refractivity (Wildman–Crippen MR) is 103 cm³/mol. The molecule has 162 valence electrons. The molecule has 0 spiro atoms. The van der Waals surface area contributed by atoms with Crippen LogP contribution in [-0.2, 0) is 19.2 Å². The summed E-state index contributed by atoms with van der Waals surface area (Å²) in [4.78, 5) is 47.9. The Kier molecular flexibility index (Phi) is 11.7. The number of hydrogen-bond donors (Lipinski definition) is 8. The first-order valence-corrected chi connectivity index (χ1v) is 9.42. The molecule has 0 rings (SSSR count). The maximum Gasteiger partial charge on any atom is 0.328 e. The maximum absolute atomic E-state index is 12.6. The zero-order valence-electron chi connectivity index (χ0n) is 16.1. The van der Waals surface area contributed by atoms with Crippen LogP contribution in [-0.4, -0.2) is 81.6 Å². The summed E-state index contributed by atoms with van der Waals surface area (Å²) < 4.78 is 0. The van der Waals surface area contributed by atoms with Gasteiger partial charge in [-0.2, -0.15) is 12.6 Å². The van der Waals surface area contributed by atoms with E-state index >= 15 is 0 Å². The molecule has 0 bridgehead atoms. The standard InChI is InChI=1S/C16H30N4O7S/c1-4-7(2)11(14(24)18-10(5-21)16(26)27)19-15(25)12(8(3)22)20-13(23)9(17)6-28/h7-12,21-22,28H,4-6,17H2,1-3H3,(H,18,24)(H,19,25)(H,20,23)(H,26,27). The van der Waals surface area contributed by atoms with Crippen molar-refractivity contribution in [3.8, 4) is 0 Å². The fourth-order valence-electron chi connectivity index (χ4n) is 2.14. The first kappa shape index (κ1) is 26.1. The Balaban J connectivity index is 5.37. The lowest BCUT2D eigenvalue weighted by Gasteiger charge is -2.28. The van der Waals surface area contributed by atoms with Crippen LogP contribution in [0.25, 0.3) is 0 Å². The summed E-state index contributed by atoms with van der Waals surface area (Å²) in [5.74, 6) is -4.16. The second-order valence-corrected chi connectivity index (χ2v) is 6.83. The number of nitrogens with two attached hydrogens (primary N) is 1. The Labute approximate surface area is 168 Å². The van der Waals surface area contributed by atoms with Gasteiger partial charge in [-0.15, -0.1) is 0 Å². The van der Waals surface area contributed by atoms with Gasteiger partial charge >= 0.3 is 5.97 Å². The lowest BCUT2D eigenvalue weighted by molar-refractivity contribution is -0.143. The van der Waals surface area contributed by atoms with Crippen LogP contribution < -0.4 is 21.7 Å². The average Bonchev–Trinajstić information content (AvgIpc) is 2.65. The van der Waals surface area contributed by atoms with Crippen molar-refractivity contribution >= 4 is 36.3 Å². The van der Waals surface area contributed by atoms with Crippen LogP contribution >= 0.6 is 12.6 Å². The van der Waals surface area contributed by atoms with Crippen molar-refractivity contribution < 1.29 is 34.5 Å². The second-order valence-electron chi connectivity index (χ2n) is 6.47. The molecule has 6 unspecified atom stereocenters. The topological polar surface area (TPSA) is 191 Å². The Morgan fingerprint density at radius 3 is 1.89 bits per heavy atom. The van der Waals surface area contributed by atoms with Crippen molar-refractivity contribution in [2.45, 2.75) is 57.5 Å². The summed E-state index contributed by atoms with van der Waals surface area (Å²) >= 11 is 3.89. The van der Waals surface area contributed by atoms with Crippen molar-refractivity contribution in [2.75, 3.05) is 12.4 Å². The molecular formula is C16H30N4O7S. The van der Waals surface area contributed by atoms with Crippen LogP contribution in [0.3, 0.4) is 0 Å². The number of aliphatic carboxylic acids is 1. The summed E-state index contributed by atoms with van der Waals surface area (Å²) in [5, 5.41) is 34.7. The Morgan fingerprint density at radius 1 is 1.00 bits per heavy atom. The Hall–Kier alpha value is -1.89. The minimum atomic E-state index is -1.53. The molecule has 0 aliphatic heterocycles. The first-order chi connectivity index (χ1) is 13.0. The van der Waals surface area contributed by atoms with E-state index in [1.807, 2.05) is 0 Å². The van der Waals surface area contributed by atoms with Gasteiger partial charge in [0.2, 0.25) is 17.7 Å². The van der Waals surface area contributed by atoms with Gasteiger partial charge in [-0.3, -0.25) is 14.4 Å². The summed E-state index contributed by atoms with van der Waals surface area (Å²) in [6.07, 6.45) is -0.827. The van der Waals surface area contributed by atoms with Gasteiger partial charge in [0.25, 0.3) is 0 Å². The molecule has 0 radical (unpaired) electrons. The molecule has 12 heteroatoms. The number of carboxylic acids is 1. The van der Waals surface area contributed by atoms with E-state index in [1.165, 1.54) is 6.92 Å². The number of hydrogen-bond acceptors (Lipinski definition) is 8. The fraction of sp³-hybridized carbons (Fsp3) is 0.750. The molecule has 0 aromatic carbocycles. The van der Waals surface area contributed by atoms with Crippen LogP contribution in [0.4, 0.5) is 0 Å². The number of amides is 3. The first-order valence-electron chi connectivity index (χ1n) is 8.79. The molecule has 3 amide bonds. The van der Waals surface area contributed by atoms with E-state index in [0.717, 1.165) is 0 Å². The third kappa shape index (κ3) is 8.00. The van der Waals surface area contributed by atoms with Crippen LogP contribution in [0, 0.1) is 5.92 Å². The quantitative estimate of drug-likeness (QED) is 0.155. The van der Waals surface area contributed by atoms with Crippen molar-refractivity contribution in [3.63, 3.8) is 0 Å². The van der Waals surface area contributed by atoms with Crippen LogP contribution in [0.2, 0.25) is 0 Å². The van der Waals surface area contributed by atoms with Gasteiger partial charge in [0.1, 0.15) is 18.1 Å². The van der Waals surface area contributed by atoms with Crippen molar-refractivity contribution in [1.82, 2.24) is 16.0 Å². The normalized spacial score (nSPS) is 17.4. The SMILES string of the molecule is CCC(C)C(NC(=O)C(NC(=O)C(N)CS)C(C)O)C(=O)NC(CO)C(=O)O.